The second kappa shape index (κ2) is 8.63. The summed E-state index contributed by atoms with van der Waals surface area (Å²) in [6, 6.07) is 5.83. The Hall–Kier alpha value is -2.61. The summed E-state index contributed by atoms with van der Waals surface area (Å²) >= 11 is 2.09. The van der Waals surface area contributed by atoms with E-state index in [-0.39, 0.29) is 18.2 Å². The van der Waals surface area contributed by atoms with Crippen molar-refractivity contribution in [2.24, 2.45) is 0 Å². The lowest BCUT2D eigenvalue weighted by molar-refractivity contribution is -0.119. The first-order valence-corrected chi connectivity index (χ1v) is 13.6. The van der Waals surface area contributed by atoms with E-state index in [4.69, 9.17) is 9.15 Å². The lowest BCUT2D eigenvalue weighted by Crippen LogP contribution is -2.25. The molecular weight excluding hydrogens is 488 g/mol. The molecule has 2 aromatic heterocycles. The van der Waals surface area contributed by atoms with E-state index >= 15 is 0 Å². The zero-order valence-electron chi connectivity index (χ0n) is 17.3. The average molecular weight is 507 g/mol. The number of thioether (sulfide) groups is 1. The maximum atomic E-state index is 12.7. The first-order valence-electron chi connectivity index (χ1n) is 9.98. The van der Waals surface area contributed by atoms with Crippen LogP contribution in [0.15, 0.2) is 28.7 Å². The van der Waals surface area contributed by atoms with Gasteiger partial charge in [0.2, 0.25) is 17.7 Å². The molecule has 2 unspecified atom stereocenters. The predicted molar refractivity (Wildman–Crippen MR) is 123 cm³/mol. The topological polar surface area (TPSA) is 141 Å². The summed E-state index contributed by atoms with van der Waals surface area (Å²) in [5.74, 6) is -0.476. The van der Waals surface area contributed by atoms with Gasteiger partial charge >= 0.3 is 0 Å². The van der Waals surface area contributed by atoms with Crippen molar-refractivity contribution in [3.63, 3.8) is 0 Å². The van der Waals surface area contributed by atoms with Gasteiger partial charge in [0, 0.05) is 12.7 Å². The molecule has 4 heterocycles. The molecule has 1 aromatic carbocycles. The number of rotatable bonds is 6. The van der Waals surface area contributed by atoms with E-state index in [1.165, 1.54) is 16.9 Å². The first kappa shape index (κ1) is 22.2. The van der Waals surface area contributed by atoms with E-state index in [0.29, 0.717) is 23.7 Å². The second-order valence-electron chi connectivity index (χ2n) is 7.62. The van der Waals surface area contributed by atoms with Crippen molar-refractivity contribution in [1.82, 2.24) is 20.5 Å². The summed E-state index contributed by atoms with van der Waals surface area (Å²) in [5.41, 5.74) is 2.92. The molecule has 0 radical (unpaired) electrons. The number of aromatic nitrogens is 3. The number of nitrogens with zero attached hydrogens (tertiary/aromatic N) is 3. The van der Waals surface area contributed by atoms with Gasteiger partial charge in [-0.3, -0.25) is 14.9 Å². The number of benzene rings is 1. The van der Waals surface area contributed by atoms with Crippen LogP contribution in [0.2, 0.25) is 0 Å². The maximum absolute atomic E-state index is 12.7. The molecule has 5 rings (SSSR count). The highest BCUT2D eigenvalue weighted by atomic mass is 32.2. The smallest absolute Gasteiger partial charge is 0.286 e. The van der Waals surface area contributed by atoms with Crippen LogP contribution in [0.25, 0.3) is 15.8 Å². The molecule has 0 spiro atoms. The minimum atomic E-state index is -3.70. The lowest BCUT2D eigenvalue weighted by atomic mass is 10.0. The van der Waals surface area contributed by atoms with Gasteiger partial charge in [0.15, 0.2) is 15.1 Å². The number of amides is 2. The molecule has 2 aliphatic heterocycles. The molecule has 0 bridgehead atoms. The van der Waals surface area contributed by atoms with Crippen LogP contribution in [-0.4, -0.2) is 59.5 Å². The number of ether oxygens (including phenoxy) is 1. The van der Waals surface area contributed by atoms with E-state index < -0.39 is 31.5 Å². The third kappa shape index (κ3) is 4.58. The van der Waals surface area contributed by atoms with Crippen molar-refractivity contribution in [3.05, 3.63) is 46.6 Å². The van der Waals surface area contributed by atoms with Gasteiger partial charge in [-0.25, -0.2) is 13.4 Å². The van der Waals surface area contributed by atoms with Gasteiger partial charge in [-0.2, -0.15) is 0 Å². The van der Waals surface area contributed by atoms with Crippen molar-refractivity contribution in [3.8, 4) is 0 Å². The molecule has 172 valence electrons. The van der Waals surface area contributed by atoms with Crippen LogP contribution < -0.4 is 5.32 Å². The summed E-state index contributed by atoms with van der Waals surface area (Å²) in [6.07, 6.45) is 3.97. The number of carbonyl (C=O) groups excluding carboxylic acids is 2. The normalized spacial score (nSPS) is 20.2. The number of fused-ring (bicyclic) bond motifs is 1. The quantitative estimate of drug-likeness (QED) is 0.530. The van der Waals surface area contributed by atoms with Crippen LogP contribution in [-0.2, 0) is 25.8 Å². The monoisotopic (exact) mass is 506 g/mol. The zero-order chi connectivity index (χ0) is 23.2. The van der Waals surface area contributed by atoms with Crippen LogP contribution in [0.5, 0.6) is 0 Å². The Kier molecular flexibility index (Phi) is 5.80. The number of hydrogen-bond acceptors (Lipinski definition) is 11. The highest BCUT2D eigenvalue weighted by Crippen LogP contribution is 2.36. The molecule has 1 fully saturated rings. The van der Waals surface area contributed by atoms with E-state index in [1.807, 2.05) is 24.3 Å². The van der Waals surface area contributed by atoms with Crippen molar-refractivity contribution in [2.45, 2.75) is 23.3 Å². The van der Waals surface area contributed by atoms with Gasteiger partial charge in [-0.15, -0.1) is 21.5 Å². The fourth-order valence-electron chi connectivity index (χ4n) is 3.66. The number of imide groups is 1. The molecule has 13 heteroatoms. The molecule has 2 amide bonds. The fraction of sp³-hybridized carbons (Fsp3) is 0.350. The van der Waals surface area contributed by atoms with E-state index in [9.17, 15) is 18.0 Å². The van der Waals surface area contributed by atoms with Gasteiger partial charge < -0.3 is 9.15 Å². The predicted octanol–water partition coefficient (Wildman–Crippen LogP) is 2.51. The maximum Gasteiger partial charge on any atom is 0.286 e. The van der Waals surface area contributed by atoms with Crippen LogP contribution in [0, 0.1) is 0 Å². The lowest BCUT2D eigenvalue weighted by Gasteiger charge is -2.13. The first-order chi connectivity index (χ1) is 15.8. The number of sulfone groups is 1. The zero-order valence-corrected chi connectivity index (χ0v) is 19.8. The Morgan fingerprint density at radius 1 is 1.27 bits per heavy atom. The Labute approximate surface area is 196 Å². The van der Waals surface area contributed by atoms with Crippen LogP contribution in [0.3, 0.4) is 0 Å². The molecule has 0 aliphatic carbocycles. The Morgan fingerprint density at radius 2 is 2.12 bits per heavy atom. The summed E-state index contributed by atoms with van der Waals surface area (Å²) in [4.78, 5) is 27.7. The second-order valence-corrected chi connectivity index (χ2v) is 12.0. The third-order valence-electron chi connectivity index (χ3n) is 5.23. The van der Waals surface area contributed by atoms with E-state index in [1.54, 1.807) is 0 Å². The van der Waals surface area contributed by atoms with Crippen molar-refractivity contribution < 1.29 is 27.2 Å². The Morgan fingerprint density at radius 3 is 2.82 bits per heavy atom. The fourth-order valence-corrected chi connectivity index (χ4v) is 7.00. The molecule has 10 nitrogen and oxygen atoms in total. The molecule has 33 heavy (non-hydrogen) atoms. The Bertz CT molecular complexity index is 1390. The molecule has 3 aromatic rings. The summed E-state index contributed by atoms with van der Waals surface area (Å²) in [6.45, 7) is 1.24. The largest absolute Gasteiger partial charge is 0.423 e. The van der Waals surface area contributed by atoms with E-state index in [0.717, 1.165) is 34.7 Å². The summed E-state index contributed by atoms with van der Waals surface area (Å²) in [7, 11) is -3.70. The van der Waals surface area contributed by atoms with Crippen molar-refractivity contribution in [1.29, 1.82) is 0 Å². The molecule has 0 saturated carbocycles. The van der Waals surface area contributed by atoms with Gasteiger partial charge in [-0.1, -0.05) is 23.9 Å². The third-order valence-corrected chi connectivity index (χ3v) is 8.72. The molecular formula is C20H18N4O6S3. The van der Waals surface area contributed by atoms with Crippen LogP contribution in [0.4, 0.5) is 4.79 Å². The minimum absolute atomic E-state index is 0.0216. The average Bonchev–Trinajstić information content (AvgIpc) is 3.46. The summed E-state index contributed by atoms with van der Waals surface area (Å²) in [5, 5.41) is 7.98. The summed E-state index contributed by atoms with van der Waals surface area (Å²) < 4.78 is 37.2. The highest BCUT2D eigenvalue weighted by molar-refractivity contribution is 8.15. The molecule has 2 aliphatic rings. The Balaban J connectivity index is 1.46. The van der Waals surface area contributed by atoms with Crippen molar-refractivity contribution >= 4 is 59.9 Å². The van der Waals surface area contributed by atoms with Gasteiger partial charge in [-0.05, 0) is 29.7 Å². The number of carbonyl (C=O) groups is 2. The van der Waals surface area contributed by atoms with Gasteiger partial charge in [0.25, 0.3) is 5.24 Å². The van der Waals surface area contributed by atoms with Gasteiger partial charge in [0.1, 0.15) is 10.3 Å². The molecule has 1 saturated heterocycles. The standard InChI is InChI=1S/C20H18N4O6S3/c1-33(27,28)16(18-24-23-15(30-18)9-14-17(25)22-20(26)32-14)19-21-12-3-2-11(8-13(12)31-19)10-4-6-29-7-5-10/h2-4,8,14,16H,5-7,9H2,1H3,(H,22,25,26). The SMILES string of the molecule is CS(=O)(=O)C(c1nnc(CC2SC(=O)NC2=O)o1)c1nc2ccc(C3=CCOCC3)cc2s1. The highest BCUT2D eigenvalue weighted by Gasteiger charge is 2.36. The number of nitrogens with one attached hydrogen (secondary N) is 1. The number of thiazole rings is 1. The minimum Gasteiger partial charge on any atom is -0.423 e. The van der Waals surface area contributed by atoms with Crippen LogP contribution in [0.1, 0.15) is 34.0 Å². The van der Waals surface area contributed by atoms with Crippen molar-refractivity contribution in [2.75, 3.05) is 19.5 Å². The van der Waals surface area contributed by atoms with E-state index in [2.05, 4.69) is 20.5 Å². The number of hydrogen-bond donors (Lipinski definition) is 1. The van der Waals surface area contributed by atoms with Crippen LogP contribution >= 0.6 is 23.1 Å². The van der Waals surface area contributed by atoms with Gasteiger partial charge in [0.05, 0.1) is 23.4 Å². The molecule has 2 atom stereocenters. The molecule has 1 N–H and O–H groups in total.